The molecule has 1 amide bonds. The van der Waals surface area contributed by atoms with Crippen LogP contribution >= 0.6 is 0 Å². The third-order valence-corrected chi connectivity index (χ3v) is 2.84. The molecule has 104 valence electrons. The summed E-state index contributed by atoms with van der Waals surface area (Å²) in [5.74, 6) is -0.318. The van der Waals surface area contributed by atoms with E-state index in [1.807, 2.05) is 30.3 Å². The van der Waals surface area contributed by atoms with Crippen LogP contribution in [0.2, 0.25) is 0 Å². The number of carbonyl (C=O) groups is 1. The summed E-state index contributed by atoms with van der Waals surface area (Å²) in [4.78, 5) is 11.6. The molecule has 0 fully saturated rings. The van der Waals surface area contributed by atoms with Crippen LogP contribution in [0.4, 0.5) is 10.1 Å². The van der Waals surface area contributed by atoms with Crippen molar-refractivity contribution in [1.29, 1.82) is 0 Å². The Kier molecular flexibility index (Phi) is 5.12. The van der Waals surface area contributed by atoms with Gasteiger partial charge >= 0.3 is 0 Å². The zero-order valence-corrected chi connectivity index (χ0v) is 11.1. The summed E-state index contributed by atoms with van der Waals surface area (Å²) in [6.45, 7) is 1.00. The van der Waals surface area contributed by atoms with Gasteiger partial charge in [-0.05, 0) is 23.8 Å². The molecule has 3 nitrogen and oxygen atoms in total. The van der Waals surface area contributed by atoms with Crippen molar-refractivity contribution in [3.63, 3.8) is 0 Å². The van der Waals surface area contributed by atoms with E-state index in [0.717, 1.165) is 5.56 Å². The molecule has 0 atom stereocenters. The number of carbonyl (C=O) groups excluding carboxylic acids is 1. The van der Waals surface area contributed by atoms with Gasteiger partial charge in [0.05, 0.1) is 0 Å². The van der Waals surface area contributed by atoms with Crippen LogP contribution in [0.5, 0.6) is 0 Å². The van der Waals surface area contributed by atoms with Crippen LogP contribution in [0.3, 0.4) is 0 Å². The number of rotatable bonds is 6. The summed E-state index contributed by atoms with van der Waals surface area (Å²) >= 11 is 0. The molecule has 2 N–H and O–H groups in total. The zero-order chi connectivity index (χ0) is 14.2. The highest BCUT2D eigenvalue weighted by molar-refractivity contribution is 5.76. The van der Waals surface area contributed by atoms with Gasteiger partial charge in [-0.15, -0.1) is 0 Å². The Balaban J connectivity index is 1.68. The van der Waals surface area contributed by atoms with E-state index in [1.165, 1.54) is 12.1 Å². The van der Waals surface area contributed by atoms with E-state index in [2.05, 4.69) is 10.6 Å². The van der Waals surface area contributed by atoms with Crippen molar-refractivity contribution in [1.82, 2.24) is 5.32 Å². The van der Waals surface area contributed by atoms with Crippen molar-refractivity contribution in [3.8, 4) is 0 Å². The van der Waals surface area contributed by atoms with Gasteiger partial charge in [-0.3, -0.25) is 4.79 Å². The number of hydrogen-bond acceptors (Lipinski definition) is 2. The molecule has 0 radical (unpaired) electrons. The maximum absolute atomic E-state index is 12.9. The van der Waals surface area contributed by atoms with Gasteiger partial charge in [0.25, 0.3) is 0 Å². The molecule has 0 aliphatic carbocycles. The van der Waals surface area contributed by atoms with E-state index in [-0.39, 0.29) is 11.7 Å². The summed E-state index contributed by atoms with van der Waals surface area (Å²) in [7, 11) is 0. The van der Waals surface area contributed by atoms with Crippen LogP contribution in [0.25, 0.3) is 0 Å². The predicted octanol–water partition coefficient (Wildman–Crippen LogP) is 2.94. The van der Waals surface area contributed by atoms with Crippen LogP contribution in [0.1, 0.15) is 12.0 Å². The first-order valence-corrected chi connectivity index (χ1v) is 6.54. The Hall–Kier alpha value is -2.36. The van der Waals surface area contributed by atoms with Crippen LogP contribution in [-0.2, 0) is 11.3 Å². The summed E-state index contributed by atoms with van der Waals surface area (Å²) < 4.78 is 12.9. The molecule has 0 spiro atoms. The fourth-order valence-corrected chi connectivity index (χ4v) is 1.80. The largest absolute Gasteiger partial charge is 0.384 e. The molecule has 2 rings (SSSR count). The van der Waals surface area contributed by atoms with E-state index in [0.29, 0.717) is 25.2 Å². The fourth-order valence-electron chi connectivity index (χ4n) is 1.80. The lowest BCUT2D eigenvalue weighted by Crippen LogP contribution is -2.24. The summed E-state index contributed by atoms with van der Waals surface area (Å²) in [6.07, 6.45) is 0.351. The van der Waals surface area contributed by atoms with Gasteiger partial charge in [0.2, 0.25) is 5.91 Å². The molecule has 0 saturated carbocycles. The topological polar surface area (TPSA) is 41.1 Å². The highest BCUT2D eigenvalue weighted by Gasteiger charge is 2.01. The van der Waals surface area contributed by atoms with Crippen molar-refractivity contribution in [2.75, 3.05) is 11.9 Å². The SMILES string of the molecule is O=C(CCNc1cccc(F)c1)NCc1ccccc1. The van der Waals surface area contributed by atoms with Gasteiger partial charge < -0.3 is 10.6 Å². The molecule has 20 heavy (non-hydrogen) atoms. The Bertz CT molecular complexity index is 557. The number of anilines is 1. The van der Waals surface area contributed by atoms with Crippen molar-refractivity contribution in [2.45, 2.75) is 13.0 Å². The molecule has 2 aromatic carbocycles. The number of nitrogens with one attached hydrogen (secondary N) is 2. The molecular weight excluding hydrogens is 255 g/mol. The van der Waals surface area contributed by atoms with Gasteiger partial charge in [-0.25, -0.2) is 4.39 Å². The minimum Gasteiger partial charge on any atom is -0.384 e. The van der Waals surface area contributed by atoms with Gasteiger partial charge in [-0.1, -0.05) is 36.4 Å². The van der Waals surface area contributed by atoms with Crippen molar-refractivity contribution in [3.05, 3.63) is 66.0 Å². The smallest absolute Gasteiger partial charge is 0.222 e. The minimum atomic E-state index is -0.288. The van der Waals surface area contributed by atoms with Gasteiger partial charge in [0.15, 0.2) is 0 Å². The van der Waals surface area contributed by atoms with Crippen molar-refractivity contribution >= 4 is 11.6 Å². The first-order chi connectivity index (χ1) is 9.74. The molecule has 0 unspecified atom stereocenters. The van der Waals surface area contributed by atoms with Crippen molar-refractivity contribution < 1.29 is 9.18 Å². The van der Waals surface area contributed by atoms with Crippen LogP contribution < -0.4 is 10.6 Å². The van der Waals surface area contributed by atoms with E-state index in [1.54, 1.807) is 12.1 Å². The van der Waals surface area contributed by atoms with Gasteiger partial charge in [-0.2, -0.15) is 0 Å². The molecule has 0 bridgehead atoms. The second kappa shape index (κ2) is 7.28. The average Bonchev–Trinajstić information content (AvgIpc) is 2.46. The minimum absolute atomic E-state index is 0.0299. The number of amides is 1. The zero-order valence-electron chi connectivity index (χ0n) is 11.1. The fraction of sp³-hybridized carbons (Fsp3) is 0.188. The molecule has 0 saturated heterocycles. The summed E-state index contributed by atoms with van der Waals surface area (Å²) in [5.41, 5.74) is 1.75. The maximum Gasteiger partial charge on any atom is 0.222 e. The molecular formula is C16H17FN2O. The predicted molar refractivity (Wildman–Crippen MR) is 77.8 cm³/mol. The third kappa shape index (κ3) is 4.72. The molecule has 4 heteroatoms. The van der Waals surface area contributed by atoms with E-state index >= 15 is 0 Å². The third-order valence-electron chi connectivity index (χ3n) is 2.84. The Morgan fingerprint density at radius 3 is 2.60 bits per heavy atom. The second-order valence-electron chi connectivity index (χ2n) is 4.45. The molecule has 0 heterocycles. The average molecular weight is 272 g/mol. The standard InChI is InChI=1S/C16H17FN2O/c17-14-7-4-8-15(11-14)18-10-9-16(20)19-12-13-5-2-1-3-6-13/h1-8,11,18H,9-10,12H2,(H,19,20). The van der Waals surface area contributed by atoms with E-state index < -0.39 is 0 Å². The van der Waals surface area contributed by atoms with Crippen molar-refractivity contribution in [2.24, 2.45) is 0 Å². The highest BCUT2D eigenvalue weighted by atomic mass is 19.1. The quantitative estimate of drug-likeness (QED) is 0.849. The Morgan fingerprint density at radius 2 is 1.85 bits per heavy atom. The highest BCUT2D eigenvalue weighted by Crippen LogP contribution is 2.08. The summed E-state index contributed by atoms with van der Waals surface area (Å²) in [5, 5.41) is 5.86. The van der Waals surface area contributed by atoms with E-state index in [9.17, 15) is 9.18 Å². The first-order valence-electron chi connectivity index (χ1n) is 6.54. The molecule has 2 aromatic rings. The lowest BCUT2D eigenvalue weighted by atomic mass is 10.2. The molecule has 0 aromatic heterocycles. The van der Waals surface area contributed by atoms with Gasteiger partial charge in [0.1, 0.15) is 5.82 Å². The molecule has 0 aliphatic rings. The first kappa shape index (κ1) is 14.1. The van der Waals surface area contributed by atoms with Crippen LogP contribution in [0, 0.1) is 5.82 Å². The summed E-state index contributed by atoms with van der Waals surface area (Å²) in [6, 6.07) is 15.9. The normalized spacial score (nSPS) is 10.1. The number of benzene rings is 2. The lowest BCUT2D eigenvalue weighted by molar-refractivity contribution is -0.121. The molecule has 0 aliphatic heterocycles. The van der Waals surface area contributed by atoms with Crippen LogP contribution in [-0.4, -0.2) is 12.5 Å². The Labute approximate surface area is 117 Å². The van der Waals surface area contributed by atoms with Gasteiger partial charge in [0, 0.05) is 25.2 Å². The lowest BCUT2D eigenvalue weighted by Gasteiger charge is -2.07. The Morgan fingerprint density at radius 1 is 1.05 bits per heavy atom. The van der Waals surface area contributed by atoms with E-state index in [4.69, 9.17) is 0 Å². The number of hydrogen-bond donors (Lipinski definition) is 2. The maximum atomic E-state index is 12.9. The number of halogens is 1. The second-order valence-corrected chi connectivity index (χ2v) is 4.45. The monoisotopic (exact) mass is 272 g/mol. The van der Waals surface area contributed by atoms with Crippen LogP contribution in [0.15, 0.2) is 54.6 Å².